The summed E-state index contributed by atoms with van der Waals surface area (Å²) >= 11 is 16.1. The number of carboxylic acid groups (broad SMARTS) is 2. The number of nitrogens with zero attached hydrogens (tertiary/aromatic N) is 8. The lowest BCUT2D eigenvalue weighted by molar-refractivity contribution is -0.545. The average Bonchev–Trinajstić information content (AvgIpc) is 4.24. The van der Waals surface area contributed by atoms with Crippen molar-refractivity contribution >= 4 is 112 Å². The van der Waals surface area contributed by atoms with E-state index in [4.69, 9.17) is 43.4 Å². The van der Waals surface area contributed by atoms with E-state index < -0.39 is 23.3 Å². The van der Waals surface area contributed by atoms with Crippen LogP contribution in [0.5, 0.6) is 0 Å². The minimum absolute atomic E-state index is 0.262. The average molecular weight is 1040 g/mol. The number of amidine groups is 2. The van der Waals surface area contributed by atoms with Gasteiger partial charge in [0.25, 0.3) is 21.9 Å². The van der Waals surface area contributed by atoms with Crippen LogP contribution in [0.4, 0.5) is 21.6 Å². The second kappa shape index (κ2) is 24.0. The summed E-state index contributed by atoms with van der Waals surface area (Å²) in [6.07, 6.45) is 4.63. The van der Waals surface area contributed by atoms with Gasteiger partial charge in [0.05, 0.1) is 53.0 Å². The maximum atomic E-state index is 11.3. The summed E-state index contributed by atoms with van der Waals surface area (Å²) < 4.78 is 2.28. The monoisotopic (exact) mass is 1040 g/mol. The number of nitrogens with two attached hydrogens (primary N) is 2. The summed E-state index contributed by atoms with van der Waals surface area (Å²) in [7, 11) is 0. The van der Waals surface area contributed by atoms with Crippen LogP contribution in [-0.2, 0) is 9.59 Å². The Kier molecular flexibility index (Phi) is 17.1. The van der Waals surface area contributed by atoms with E-state index >= 15 is 0 Å². The standard InChI is InChI=1S/2C20H14ClN5S.C14H26O4/c2*21-16-11-5-4-10-15(16)19-23-25(14-8-2-1-3-9-14)26(24-19)20-22-17-12-6-7-13-18(17)27-20;1-4-7-8-9-10-11(12(15)16)14(5-2,6-3)13(17)18/h2*1-13H,(H,23,24);11H,4-10H2,1-3H3,(H,15,16)(H,17,18). The van der Waals surface area contributed by atoms with Gasteiger partial charge in [-0.25, -0.2) is 9.97 Å². The van der Waals surface area contributed by atoms with E-state index in [1.807, 2.05) is 177 Å². The van der Waals surface area contributed by atoms with Gasteiger partial charge in [0.15, 0.2) is 0 Å². The molecule has 4 N–H and O–H groups in total. The number of rotatable bonds is 16. The fourth-order valence-electron chi connectivity index (χ4n) is 8.52. The first kappa shape index (κ1) is 51.4. The van der Waals surface area contributed by atoms with E-state index in [-0.39, 0.29) is 12.8 Å². The number of para-hydroxylation sites is 4. The largest absolute Gasteiger partial charge is 0.550 e. The van der Waals surface area contributed by atoms with Crippen LogP contribution in [0.2, 0.25) is 10.0 Å². The third-order valence-electron chi connectivity index (χ3n) is 12.5. The van der Waals surface area contributed by atoms with Crippen molar-refractivity contribution in [1.29, 1.82) is 0 Å². The van der Waals surface area contributed by atoms with Crippen molar-refractivity contribution in [3.05, 3.63) is 179 Å². The molecule has 2 aromatic heterocycles. The highest BCUT2D eigenvalue weighted by molar-refractivity contribution is 7.22. The maximum absolute atomic E-state index is 11.3. The van der Waals surface area contributed by atoms with E-state index in [1.54, 1.807) is 36.5 Å². The molecule has 0 aliphatic carbocycles. The summed E-state index contributed by atoms with van der Waals surface area (Å²) in [6.45, 7) is 5.46. The predicted molar refractivity (Wildman–Crippen MR) is 287 cm³/mol. The molecule has 10 rings (SSSR count). The molecule has 8 aromatic rings. The molecule has 14 nitrogen and oxygen atoms in total. The molecule has 0 saturated heterocycles. The van der Waals surface area contributed by atoms with Crippen LogP contribution >= 0.6 is 45.9 Å². The zero-order valence-electron chi connectivity index (χ0n) is 40.0. The fraction of sp³-hybridized carbons (Fsp3) is 0.222. The third-order valence-corrected chi connectivity index (χ3v) is 15.2. The number of hydrogen-bond donors (Lipinski definition) is 2. The first-order chi connectivity index (χ1) is 35.0. The SMILES string of the molecule is CCCCCCC(C(=O)[O-])C(CC)(CC)C(=O)[O-].Clc1ccccc1C1=NN(c2ccccc2)N(c2nc3ccccc3s2)[NH2+]1.Clc1ccccc1C1=NN(c2ccccc2)N(c2nc3ccccc3s2)[NH2+]1. The Balaban J connectivity index is 0.000000149. The Bertz CT molecular complexity index is 2920. The number of anilines is 4. The van der Waals surface area contributed by atoms with Crippen molar-refractivity contribution in [2.24, 2.45) is 21.5 Å². The number of hydrazone groups is 2. The molecule has 4 heterocycles. The lowest BCUT2D eigenvalue weighted by atomic mass is 9.69. The van der Waals surface area contributed by atoms with Gasteiger partial charge in [0.1, 0.15) is 0 Å². The lowest BCUT2D eigenvalue weighted by Gasteiger charge is -2.41. The van der Waals surface area contributed by atoms with Gasteiger partial charge in [0, 0.05) is 23.3 Å². The minimum atomic E-state index is -1.29. The van der Waals surface area contributed by atoms with Crippen molar-refractivity contribution in [2.75, 3.05) is 20.5 Å². The van der Waals surface area contributed by atoms with E-state index in [9.17, 15) is 19.8 Å². The quantitative estimate of drug-likeness (QED) is 0.0702. The Labute approximate surface area is 436 Å². The van der Waals surface area contributed by atoms with Crippen LogP contribution < -0.4 is 41.5 Å². The number of carboxylic acids is 2. The Hall–Kier alpha value is -6.92. The van der Waals surface area contributed by atoms with Crippen molar-refractivity contribution in [3.8, 4) is 0 Å². The second-order valence-electron chi connectivity index (χ2n) is 16.9. The van der Waals surface area contributed by atoms with E-state index in [0.717, 1.165) is 90.6 Å². The summed E-state index contributed by atoms with van der Waals surface area (Å²) in [5.41, 5.74) is 8.32. The van der Waals surface area contributed by atoms with E-state index in [2.05, 4.69) is 19.1 Å². The molecule has 0 saturated carbocycles. The molecular weight excluding hydrogens is 988 g/mol. The Morgan fingerprint density at radius 1 is 0.569 bits per heavy atom. The zero-order valence-corrected chi connectivity index (χ0v) is 43.1. The number of hydrogen-bond acceptors (Lipinski definition) is 14. The normalized spacial score (nSPS) is 13.8. The highest BCUT2D eigenvalue weighted by atomic mass is 35.5. The molecule has 0 spiro atoms. The van der Waals surface area contributed by atoms with Crippen molar-refractivity contribution < 1.29 is 30.7 Å². The first-order valence-corrected chi connectivity index (χ1v) is 26.2. The number of unbranched alkanes of at least 4 members (excludes halogenated alkanes) is 3. The maximum Gasteiger partial charge on any atom is 0.278 e. The van der Waals surface area contributed by atoms with Crippen LogP contribution in [0, 0.1) is 11.3 Å². The van der Waals surface area contributed by atoms with Gasteiger partial charge in [-0.2, -0.15) is 10.9 Å². The zero-order chi connectivity index (χ0) is 50.6. The minimum Gasteiger partial charge on any atom is -0.550 e. The summed E-state index contributed by atoms with van der Waals surface area (Å²) in [5, 5.41) is 42.9. The van der Waals surface area contributed by atoms with Gasteiger partial charge in [-0.15, -0.1) is 10.2 Å². The molecule has 0 amide bonds. The van der Waals surface area contributed by atoms with Crippen molar-refractivity contribution in [2.45, 2.75) is 65.7 Å². The van der Waals surface area contributed by atoms with Gasteiger partial charge in [0.2, 0.25) is 0 Å². The van der Waals surface area contributed by atoms with Gasteiger partial charge >= 0.3 is 0 Å². The number of quaternary nitrogens is 2. The number of hydrazine groups is 2. The number of carbonyl (C=O) groups is 2. The molecule has 2 aliphatic rings. The molecule has 2 aliphatic heterocycles. The highest BCUT2D eigenvalue weighted by Crippen LogP contribution is 2.38. The molecule has 0 fully saturated rings. The number of thiazole rings is 2. The Morgan fingerprint density at radius 3 is 1.38 bits per heavy atom. The second-order valence-corrected chi connectivity index (χ2v) is 19.8. The number of fused-ring (bicyclic) bond motifs is 2. The lowest BCUT2D eigenvalue weighted by Crippen LogP contribution is -2.96. The van der Waals surface area contributed by atoms with Gasteiger partial charge < -0.3 is 19.8 Å². The fourth-order valence-corrected chi connectivity index (χ4v) is 10.8. The molecular formula is C54H54Cl2N10O4S2. The number of halogens is 2. The van der Waals surface area contributed by atoms with Crippen molar-refractivity contribution in [1.82, 2.24) is 9.97 Å². The van der Waals surface area contributed by atoms with Crippen LogP contribution in [0.25, 0.3) is 20.4 Å². The number of aliphatic carboxylic acids is 2. The van der Waals surface area contributed by atoms with Gasteiger partial charge in [-0.05, 0) is 92.1 Å². The predicted octanol–water partition coefficient (Wildman–Crippen LogP) is 8.94. The number of carbonyl (C=O) groups excluding carboxylic acids is 2. The topological polar surface area (TPSA) is 177 Å². The summed E-state index contributed by atoms with van der Waals surface area (Å²) in [5.74, 6) is -1.89. The van der Waals surface area contributed by atoms with E-state index in [0.29, 0.717) is 16.5 Å². The third kappa shape index (κ3) is 11.5. The molecule has 1 atom stereocenters. The molecule has 1 unspecified atom stereocenters. The van der Waals surface area contributed by atoms with Crippen LogP contribution in [-0.4, -0.2) is 33.6 Å². The summed E-state index contributed by atoms with van der Waals surface area (Å²) in [6, 6.07) is 51.8. The molecule has 370 valence electrons. The van der Waals surface area contributed by atoms with Gasteiger partial charge in [-0.1, -0.05) is 198 Å². The van der Waals surface area contributed by atoms with Crippen LogP contribution in [0.3, 0.4) is 0 Å². The first-order valence-electron chi connectivity index (χ1n) is 23.8. The van der Waals surface area contributed by atoms with Crippen LogP contribution in [0.15, 0.2) is 168 Å². The summed E-state index contributed by atoms with van der Waals surface area (Å²) in [4.78, 5) is 32.1. The highest BCUT2D eigenvalue weighted by Gasteiger charge is 2.38. The number of aromatic nitrogens is 2. The van der Waals surface area contributed by atoms with Gasteiger partial charge in [-0.3, -0.25) is 0 Å². The van der Waals surface area contributed by atoms with Crippen LogP contribution in [0.1, 0.15) is 76.8 Å². The molecule has 18 heteroatoms. The van der Waals surface area contributed by atoms with E-state index in [1.165, 1.54) is 0 Å². The smallest absolute Gasteiger partial charge is 0.278 e. The molecule has 0 bridgehead atoms. The molecule has 6 aromatic carbocycles. The molecule has 72 heavy (non-hydrogen) atoms. The Morgan fingerprint density at radius 2 is 0.986 bits per heavy atom. The van der Waals surface area contributed by atoms with Crippen molar-refractivity contribution in [3.63, 3.8) is 0 Å². The number of benzene rings is 6. The molecule has 0 radical (unpaired) electrons.